The summed E-state index contributed by atoms with van der Waals surface area (Å²) in [6, 6.07) is 2.95. The van der Waals surface area contributed by atoms with E-state index in [2.05, 4.69) is 0 Å². The Morgan fingerprint density at radius 3 is 2.61 bits per heavy atom. The topological polar surface area (TPSA) is 67.5 Å². The standard InChI is InChI=1S/C14H14O4/c1-4-9-6-10(16)13(8(3)15)14-12(9)7(2)5-11(17)18-14/h5-6,16H,4H2,1-3H3. The van der Waals surface area contributed by atoms with E-state index in [1.165, 1.54) is 13.0 Å². The highest BCUT2D eigenvalue weighted by Crippen LogP contribution is 2.32. The molecule has 0 radical (unpaired) electrons. The van der Waals surface area contributed by atoms with Gasteiger partial charge in [0, 0.05) is 11.5 Å². The van der Waals surface area contributed by atoms with Crippen molar-refractivity contribution in [2.75, 3.05) is 0 Å². The fourth-order valence-corrected chi connectivity index (χ4v) is 2.23. The molecule has 0 aliphatic rings. The minimum Gasteiger partial charge on any atom is -0.507 e. The van der Waals surface area contributed by atoms with Crippen LogP contribution in [0.3, 0.4) is 0 Å². The lowest BCUT2D eigenvalue weighted by molar-refractivity contribution is 0.101. The molecular weight excluding hydrogens is 232 g/mol. The van der Waals surface area contributed by atoms with Crippen molar-refractivity contribution in [2.45, 2.75) is 27.2 Å². The molecule has 1 aromatic heterocycles. The molecule has 2 rings (SSSR count). The lowest BCUT2D eigenvalue weighted by Crippen LogP contribution is -2.04. The first-order valence-electron chi connectivity index (χ1n) is 5.76. The number of aryl methyl sites for hydroxylation is 2. The van der Waals surface area contributed by atoms with Gasteiger partial charge in [0.15, 0.2) is 11.4 Å². The molecule has 0 spiro atoms. The van der Waals surface area contributed by atoms with E-state index in [-0.39, 0.29) is 22.7 Å². The number of aromatic hydroxyl groups is 1. The van der Waals surface area contributed by atoms with Gasteiger partial charge >= 0.3 is 5.63 Å². The molecule has 0 atom stereocenters. The third-order valence-corrected chi connectivity index (χ3v) is 3.01. The number of hydrogen-bond donors (Lipinski definition) is 1. The monoisotopic (exact) mass is 246 g/mol. The van der Waals surface area contributed by atoms with Gasteiger partial charge in [0.05, 0.1) is 0 Å². The largest absolute Gasteiger partial charge is 0.507 e. The molecule has 4 nitrogen and oxygen atoms in total. The van der Waals surface area contributed by atoms with Crippen LogP contribution in [0.4, 0.5) is 0 Å². The number of benzene rings is 1. The molecular formula is C14H14O4. The van der Waals surface area contributed by atoms with Crippen LogP contribution >= 0.6 is 0 Å². The summed E-state index contributed by atoms with van der Waals surface area (Å²) in [4.78, 5) is 23.0. The Hall–Kier alpha value is -2.10. The van der Waals surface area contributed by atoms with Crippen LogP contribution in [0.25, 0.3) is 11.0 Å². The number of fused-ring (bicyclic) bond motifs is 1. The van der Waals surface area contributed by atoms with Gasteiger partial charge < -0.3 is 9.52 Å². The SMILES string of the molecule is CCc1cc(O)c(C(C)=O)c2oc(=O)cc(C)c12. The quantitative estimate of drug-likeness (QED) is 0.653. The minimum atomic E-state index is -0.518. The van der Waals surface area contributed by atoms with Crippen molar-refractivity contribution in [2.24, 2.45) is 0 Å². The number of rotatable bonds is 2. The van der Waals surface area contributed by atoms with E-state index in [4.69, 9.17) is 4.42 Å². The maximum Gasteiger partial charge on any atom is 0.336 e. The molecule has 0 aliphatic carbocycles. The molecule has 0 fully saturated rings. The molecule has 1 heterocycles. The van der Waals surface area contributed by atoms with Crippen molar-refractivity contribution in [1.29, 1.82) is 0 Å². The molecule has 0 unspecified atom stereocenters. The van der Waals surface area contributed by atoms with Gasteiger partial charge in [-0.1, -0.05) is 6.92 Å². The maximum atomic E-state index is 11.6. The van der Waals surface area contributed by atoms with Crippen LogP contribution in [-0.4, -0.2) is 10.9 Å². The lowest BCUT2D eigenvalue weighted by Gasteiger charge is -2.11. The van der Waals surface area contributed by atoms with E-state index in [0.717, 1.165) is 16.5 Å². The number of carbonyl (C=O) groups excluding carboxylic acids is 1. The van der Waals surface area contributed by atoms with Crippen molar-refractivity contribution < 1.29 is 14.3 Å². The van der Waals surface area contributed by atoms with Gasteiger partial charge in [0.1, 0.15) is 11.3 Å². The van der Waals surface area contributed by atoms with E-state index in [0.29, 0.717) is 6.42 Å². The van der Waals surface area contributed by atoms with E-state index < -0.39 is 5.63 Å². The van der Waals surface area contributed by atoms with Gasteiger partial charge in [-0.25, -0.2) is 4.79 Å². The fraction of sp³-hybridized carbons (Fsp3) is 0.286. The van der Waals surface area contributed by atoms with Crippen LogP contribution in [0.15, 0.2) is 21.3 Å². The predicted molar refractivity (Wildman–Crippen MR) is 68.3 cm³/mol. The summed E-state index contributed by atoms with van der Waals surface area (Å²) in [5.74, 6) is -0.463. The smallest absolute Gasteiger partial charge is 0.336 e. The Labute approximate surface area is 104 Å². The number of phenolic OH excluding ortho intramolecular Hbond substituents is 1. The summed E-state index contributed by atoms with van der Waals surface area (Å²) in [5, 5.41) is 10.6. The Morgan fingerprint density at radius 2 is 2.06 bits per heavy atom. The Kier molecular flexibility index (Phi) is 2.95. The van der Waals surface area contributed by atoms with Crippen LogP contribution in [-0.2, 0) is 6.42 Å². The predicted octanol–water partition coefficient (Wildman–Crippen LogP) is 2.57. The highest BCUT2D eigenvalue weighted by atomic mass is 16.4. The van der Waals surface area contributed by atoms with Gasteiger partial charge in [-0.15, -0.1) is 0 Å². The van der Waals surface area contributed by atoms with Crippen molar-refractivity contribution in [3.05, 3.63) is 39.2 Å². The van der Waals surface area contributed by atoms with E-state index in [1.54, 1.807) is 13.0 Å². The second-order valence-electron chi connectivity index (χ2n) is 4.29. The number of ketones is 1. The third kappa shape index (κ3) is 1.79. The first-order chi connectivity index (χ1) is 8.45. The fourth-order valence-electron chi connectivity index (χ4n) is 2.23. The molecule has 18 heavy (non-hydrogen) atoms. The number of hydrogen-bond acceptors (Lipinski definition) is 4. The summed E-state index contributed by atoms with van der Waals surface area (Å²) in [6.45, 7) is 5.06. The molecule has 94 valence electrons. The van der Waals surface area contributed by atoms with Crippen molar-refractivity contribution in [3.8, 4) is 5.75 Å². The van der Waals surface area contributed by atoms with Crippen LogP contribution in [0, 0.1) is 6.92 Å². The molecule has 0 bridgehead atoms. The van der Waals surface area contributed by atoms with Crippen LogP contribution in [0.5, 0.6) is 5.75 Å². The first-order valence-corrected chi connectivity index (χ1v) is 5.76. The second kappa shape index (κ2) is 4.29. The van der Waals surface area contributed by atoms with Gasteiger partial charge in [0.2, 0.25) is 0 Å². The normalized spacial score (nSPS) is 10.8. The Bertz CT molecular complexity index is 695. The van der Waals surface area contributed by atoms with E-state index in [9.17, 15) is 14.7 Å². The summed E-state index contributed by atoms with van der Waals surface area (Å²) < 4.78 is 5.12. The highest BCUT2D eigenvalue weighted by molar-refractivity contribution is 6.08. The van der Waals surface area contributed by atoms with Crippen LogP contribution < -0.4 is 5.63 Å². The maximum absolute atomic E-state index is 11.6. The third-order valence-electron chi connectivity index (χ3n) is 3.01. The second-order valence-corrected chi connectivity index (χ2v) is 4.29. The molecule has 0 saturated carbocycles. The average Bonchev–Trinajstić information content (AvgIpc) is 2.26. The van der Waals surface area contributed by atoms with Gasteiger partial charge in [-0.2, -0.15) is 0 Å². The molecule has 0 saturated heterocycles. The molecule has 1 aromatic carbocycles. The molecule has 0 aliphatic heterocycles. The Balaban J connectivity index is 3.08. The zero-order valence-corrected chi connectivity index (χ0v) is 10.5. The number of phenols is 1. The van der Waals surface area contributed by atoms with Crippen molar-refractivity contribution in [3.63, 3.8) is 0 Å². The van der Waals surface area contributed by atoms with E-state index in [1.807, 2.05) is 6.92 Å². The van der Waals surface area contributed by atoms with Crippen LogP contribution in [0.1, 0.15) is 35.3 Å². The van der Waals surface area contributed by atoms with Gasteiger partial charge in [0.25, 0.3) is 0 Å². The summed E-state index contributed by atoms with van der Waals surface area (Å²) in [7, 11) is 0. The van der Waals surface area contributed by atoms with Gasteiger partial charge in [-0.05, 0) is 37.5 Å². The van der Waals surface area contributed by atoms with E-state index >= 15 is 0 Å². The van der Waals surface area contributed by atoms with Crippen LogP contribution in [0.2, 0.25) is 0 Å². The molecule has 4 heteroatoms. The average molecular weight is 246 g/mol. The lowest BCUT2D eigenvalue weighted by atomic mass is 9.97. The first kappa shape index (κ1) is 12.4. The van der Waals surface area contributed by atoms with Crippen molar-refractivity contribution in [1.82, 2.24) is 0 Å². The summed E-state index contributed by atoms with van der Waals surface area (Å²) in [6.07, 6.45) is 0.677. The highest BCUT2D eigenvalue weighted by Gasteiger charge is 2.18. The number of Topliss-reactive ketones (excluding diaryl/α,β-unsaturated/α-hetero) is 1. The number of carbonyl (C=O) groups is 1. The Morgan fingerprint density at radius 1 is 1.39 bits per heavy atom. The van der Waals surface area contributed by atoms with Gasteiger partial charge in [-0.3, -0.25) is 4.79 Å². The summed E-state index contributed by atoms with van der Waals surface area (Å²) in [5.41, 5.74) is 1.34. The molecule has 2 aromatic rings. The zero-order chi connectivity index (χ0) is 13.4. The van der Waals surface area contributed by atoms with Crippen molar-refractivity contribution >= 4 is 16.8 Å². The minimum absolute atomic E-state index is 0.0722. The summed E-state index contributed by atoms with van der Waals surface area (Å²) >= 11 is 0. The molecule has 1 N–H and O–H groups in total. The zero-order valence-electron chi connectivity index (χ0n) is 10.5. The molecule has 0 amide bonds.